The molecule has 3 N–H and O–H groups in total. The molecule has 0 spiro atoms. The summed E-state index contributed by atoms with van der Waals surface area (Å²) in [6.07, 6.45) is 0. The van der Waals surface area contributed by atoms with Gasteiger partial charge in [0.25, 0.3) is 11.5 Å². The van der Waals surface area contributed by atoms with Gasteiger partial charge in [-0.25, -0.2) is 8.78 Å². The van der Waals surface area contributed by atoms with Gasteiger partial charge in [-0.05, 0) is 43.4 Å². The van der Waals surface area contributed by atoms with Crippen LogP contribution in [-0.4, -0.2) is 15.9 Å². The van der Waals surface area contributed by atoms with Crippen LogP contribution < -0.4 is 10.9 Å². The summed E-state index contributed by atoms with van der Waals surface area (Å²) in [6.45, 7) is 1.59. The molecule has 2 aromatic carbocycles. The van der Waals surface area contributed by atoms with E-state index in [1.54, 1.807) is 6.92 Å². The molecule has 0 saturated carbocycles. The Bertz CT molecular complexity index is 1090. The van der Waals surface area contributed by atoms with Crippen LogP contribution in [0.15, 0.2) is 41.2 Å². The van der Waals surface area contributed by atoms with E-state index in [-0.39, 0.29) is 21.5 Å². The SMILES string of the molecule is C[C@@H](NC(=O)c1ccc2c(=O)[nH]c(=S)[nH]c2c1)c1ccc(F)cc1F. The summed E-state index contributed by atoms with van der Waals surface area (Å²) in [4.78, 5) is 29.4. The van der Waals surface area contributed by atoms with Gasteiger partial charge in [0.05, 0.1) is 16.9 Å². The second-order valence-corrected chi connectivity index (χ2v) is 5.94. The standard InChI is InChI=1S/C17H13F2N3O2S/c1-8(11-5-3-10(18)7-13(11)19)20-15(23)9-2-4-12-14(6-9)21-17(25)22-16(12)24/h2-8H,1H3,(H,20,23)(H2,21,22,24,25)/t8-/m1/s1. The fraction of sp³-hybridized carbons (Fsp3) is 0.118. The molecule has 1 amide bonds. The van der Waals surface area contributed by atoms with Crippen LogP contribution in [0.3, 0.4) is 0 Å². The van der Waals surface area contributed by atoms with Crippen LogP contribution in [0.1, 0.15) is 28.9 Å². The summed E-state index contributed by atoms with van der Waals surface area (Å²) in [5.41, 5.74) is 0.513. The van der Waals surface area contributed by atoms with Crippen LogP contribution in [0.4, 0.5) is 8.78 Å². The molecule has 0 bridgehead atoms. The third-order valence-electron chi connectivity index (χ3n) is 3.78. The largest absolute Gasteiger partial charge is 0.345 e. The van der Waals surface area contributed by atoms with Crippen molar-refractivity contribution in [3.8, 4) is 0 Å². The lowest BCUT2D eigenvalue weighted by Gasteiger charge is -2.15. The van der Waals surface area contributed by atoms with Gasteiger partial charge >= 0.3 is 0 Å². The maximum absolute atomic E-state index is 13.8. The third-order valence-corrected chi connectivity index (χ3v) is 3.98. The van der Waals surface area contributed by atoms with E-state index < -0.39 is 23.6 Å². The first kappa shape index (κ1) is 17.0. The zero-order chi connectivity index (χ0) is 18.1. The third kappa shape index (κ3) is 3.48. The van der Waals surface area contributed by atoms with Crippen molar-refractivity contribution in [3.63, 3.8) is 0 Å². The predicted octanol–water partition coefficient (Wildman–Crippen LogP) is 3.35. The fourth-order valence-electron chi connectivity index (χ4n) is 2.52. The Labute approximate surface area is 145 Å². The van der Waals surface area contributed by atoms with Crippen LogP contribution in [-0.2, 0) is 0 Å². The van der Waals surface area contributed by atoms with E-state index in [2.05, 4.69) is 15.3 Å². The molecule has 3 aromatic rings. The van der Waals surface area contributed by atoms with Crippen molar-refractivity contribution >= 4 is 29.0 Å². The number of benzene rings is 2. The molecule has 0 saturated heterocycles. The summed E-state index contributed by atoms with van der Waals surface area (Å²) in [6, 6.07) is 6.98. The fourth-order valence-corrected chi connectivity index (χ4v) is 2.72. The first-order chi connectivity index (χ1) is 11.8. The highest BCUT2D eigenvalue weighted by Gasteiger charge is 2.16. The van der Waals surface area contributed by atoms with E-state index in [4.69, 9.17) is 12.2 Å². The van der Waals surface area contributed by atoms with Gasteiger partial charge in [0.15, 0.2) is 4.77 Å². The van der Waals surface area contributed by atoms with Gasteiger partial charge in [-0.1, -0.05) is 6.07 Å². The molecule has 0 aliphatic heterocycles. The number of hydrogen-bond donors (Lipinski definition) is 3. The molecule has 8 heteroatoms. The van der Waals surface area contributed by atoms with E-state index >= 15 is 0 Å². The Balaban J connectivity index is 1.89. The van der Waals surface area contributed by atoms with Crippen LogP contribution >= 0.6 is 12.2 Å². The molecule has 3 rings (SSSR count). The molecular formula is C17H13F2N3O2S. The quantitative estimate of drug-likeness (QED) is 0.626. The van der Waals surface area contributed by atoms with Gasteiger partial charge in [-0.3, -0.25) is 14.6 Å². The second kappa shape index (κ2) is 6.56. The average molecular weight is 361 g/mol. The number of rotatable bonds is 3. The Hall–Kier alpha value is -2.87. The van der Waals surface area contributed by atoms with Crippen molar-refractivity contribution in [3.05, 3.63) is 74.3 Å². The average Bonchev–Trinajstić information content (AvgIpc) is 2.53. The van der Waals surface area contributed by atoms with Crippen molar-refractivity contribution in [1.29, 1.82) is 0 Å². The van der Waals surface area contributed by atoms with Crippen LogP contribution in [0.25, 0.3) is 10.9 Å². The molecule has 0 radical (unpaired) electrons. The van der Waals surface area contributed by atoms with Gasteiger partial charge in [0, 0.05) is 17.2 Å². The summed E-state index contributed by atoms with van der Waals surface area (Å²) in [7, 11) is 0. The van der Waals surface area contributed by atoms with Crippen LogP contribution in [0, 0.1) is 16.4 Å². The van der Waals surface area contributed by atoms with Crippen molar-refractivity contribution in [2.24, 2.45) is 0 Å². The Morgan fingerprint density at radius 2 is 1.92 bits per heavy atom. The number of H-pyrrole nitrogens is 2. The number of fused-ring (bicyclic) bond motifs is 1. The Kier molecular flexibility index (Phi) is 4.45. The molecule has 5 nitrogen and oxygen atoms in total. The lowest BCUT2D eigenvalue weighted by Crippen LogP contribution is -2.27. The lowest BCUT2D eigenvalue weighted by molar-refractivity contribution is 0.0939. The maximum Gasteiger partial charge on any atom is 0.259 e. The first-order valence-corrected chi connectivity index (χ1v) is 7.78. The maximum atomic E-state index is 13.8. The van der Waals surface area contributed by atoms with Crippen LogP contribution in [0.5, 0.6) is 0 Å². The Morgan fingerprint density at radius 1 is 1.16 bits per heavy atom. The second-order valence-electron chi connectivity index (χ2n) is 5.53. The zero-order valence-corrected chi connectivity index (χ0v) is 13.8. The van der Waals surface area contributed by atoms with Gasteiger partial charge in [-0.15, -0.1) is 0 Å². The number of nitrogens with one attached hydrogen (secondary N) is 3. The van der Waals surface area contributed by atoms with E-state index in [1.165, 1.54) is 24.3 Å². The molecule has 1 atom stereocenters. The first-order valence-electron chi connectivity index (χ1n) is 7.37. The van der Waals surface area contributed by atoms with Gasteiger partial charge in [0.1, 0.15) is 11.6 Å². The summed E-state index contributed by atoms with van der Waals surface area (Å²) >= 11 is 4.91. The van der Waals surface area contributed by atoms with Crippen molar-refractivity contribution in [2.75, 3.05) is 0 Å². The van der Waals surface area contributed by atoms with Crippen molar-refractivity contribution in [1.82, 2.24) is 15.3 Å². The highest BCUT2D eigenvalue weighted by Crippen LogP contribution is 2.19. The lowest BCUT2D eigenvalue weighted by atomic mass is 10.1. The van der Waals surface area contributed by atoms with Crippen molar-refractivity contribution < 1.29 is 13.6 Å². The number of amides is 1. The summed E-state index contributed by atoms with van der Waals surface area (Å²) in [5, 5.41) is 3.00. The minimum absolute atomic E-state index is 0.150. The Morgan fingerprint density at radius 3 is 2.64 bits per heavy atom. The number of aromatic nitrogens is 2. The molecule has 128 valence electrons. The van der Waals surface area contributed by atoms with E-state index in [0.717, 1.165) is 12.1 Å². The molecule has 25 heavy (non-hydrogen) atoms. The predicted molar refractivity (Wildman–Crippen MR) is 92.0 cm³/mol. The number of carbonyl (C=O) groups is 1. The smallest absolute Gasteiger partial charge is 0.259 e. The molecule has 0 fully saturated rings. The number of hydrogen-bond acceptors (Lipinski definition) is 3. The number of halogens is 2. The molecule has 0 aliphatic rings. The molecular weight excluding hydrogens is 348 g/mol. The molecule has 0 aliphatic carbocycles. The summed E-state index contributed by atoms with van der Waals surface area (Å²) in [5.74, 6) is -1.88. The molecule has 1 heterocycles. The number of carbonyl (C=O) groups excluding carboxylic acids is 1. The number of aromatic amines is 2. The molecule has 0 unspecified atom stereocenters. The van der Waals surface area contributed by atoms with Gasteiger partial charge in [-0.2, -0.15) is 0 Å². The summed E-state index contributed by atoms with van der Waals surface area (Å²) < 4.78 is 26.9. The normalized spacial score (nSPS) is 12.1. The topological polar surface area (TPSA) is 77.8 Å². The molecule has 1 aromatic heterocycles. The highest BCUT2D eigenvalue weighted by atomic mass is 32.1. The van der Waals surface area contributed by atoms with Crippen molar-refractivity contribution in [2.45, 2.75) is 13.0 Å². The van der Waals surface area contributed by atoms with Gasteiger partial charge in [0.2, 0.25) is 0 Å². The van der Waals surface area contributed by atoms with E-state index in [0.29, 0.717) is 10.9 Å². The minimum atomic E-state index is -0.734. The highest BCUT2D eigenvalue weighted by molar-refractivity contribution is 7.71. The van der Waals surface area contributed by atoms with E-state index in [1.807, 2.05) is 0 Å². The van der Waals surface area contributed by atoms with Gasteiger partial charge < -0.3 is 10.3 Å². The minimum Gasteiger partial charge on any atom is -0.345 e. The van der Waals surface area contributed by atoms with Crippen LogP contribution in [0.2, 0.25) is 0 Å². The zero-order valence-electron chi connectivity index (χ0n) is 13.0. The monoisotopic (exact) mass is 361 g/mol. The van der Waals surface area contributed by atoms with E-state index in [9.17, 15) is 18.4 Å².